The van der Waals surface area contributed by atoms with Gasteiger partial charge in [0.15, 0.2) is 0 Å². The minimum Gasteiger partial charge on any atom is -0.501 e. The Balaban J connectivity index is 1.53. The van der Waals surface area contributed by atoms with E-state index in [0.29, 0.717) is 0 Å². The molecule has 1 aliphatic rings. The predicted octanol–water partition coefficient (Wildman–Crippen LogP) is 3.52. The van der Waals surface area contributed by atoms with Crippen LogP contribution in [0.15, 0.2) is 71.7 Å². The van der Waals surface area contributed by atoms with Gasteiger partial charge in [-0.1, -0.05) is 36.9 Å². The smallest absolute Gasteiger partial charge is 0.225 e. The standard InChI is InChI=1S/C24H31N5O/c1-19(16-20(2)30-4)23(25-3)28-12-14-29(15-13-28)24-26-17-22(18-27-24)11-10-21-8-6-5-7-9-21/h5-9,16-18H,1,10-15H2,2-4H3/b20-16+,25-23+. The van der Waals surface area contributed by atoms with Crippen molar-refractivity contribution in [2.24, 2.45) is 4.99 Å². The first-order valence-corrected chi connectivity index (χ1v) is 10.3. The van der Waals surface area contributed by atoms with Gasteiger partial charge in [0, 0.05) is 51.2 Å². The lowest BCUT2D eigenvalue weighted by atomic mass is 10.1. The van der Waals surface area contributed by atoms with Crippen molar-refractivity contribution >= 4 is 11.8 Å². The van der Waals surface area contributed by atoms with Crippen LogP contribution in [0.2, 0.25) is 0 Å². The average molecular weight is 406 g/mol. The Morgan fingerprint density at radius 2 is 1.70 bits per heavy atom. The summed E-state index contributed by atoms with van der Waals surface area (Å²) in [6, 6.07) is 10.5. The van der Waals surface area contributed by atoms with Crippen LogP contribution in [0.5, 0.6) is 0 Å². The largest absolute Gasteiger partial charge is 0.501 e. The number of hydrogen-bond donors (Lipinski definition) is 0. The zero-order valence-corrected chi connectivity index (χ0v) is 18.2. The van der Waals surface area contributed by atoms with Crippen LogP contribution in [0.3, 0.4) is 0 Å². The molecule has 0 atom stereocenters. The van der Waals surface area contributed by atoms with Crippen molar-refractivity contribution in [1.82, 2.24) is 14.9 Å². The molecule has 0 saturated carbocycles. The first-order valence-electron chi connectivity index (χ1n) is 10.3. The minimum absolute atomic E-state index is 0.794. The molecule has 2 heterocycles. The number of aliphatic imine (C=N–C) groups is 1. The minimum atomic E-state index is 0.794. The van der Waals surface area contributed by atoms with E-state index >= 15 is 0 Å². The summed E-state index contributed by atoms with van der Waals surface area (Å²) in [5, 5.41) is 0. The Bertz CT molecular complexity index is 882. The second-order valence-electron chi connectivity index (χ2n) is 7.38. The van der Waals surface area contributed by atoms with Crippen molar-refractivity contribution in [2.45, 2.75) is 19.8 Å². The third kappa shape index (κ3) is 5.69. The van der Waals surface area contributed by atoms with Crippen LogP contribution in [0.4, 0.5) is 5.95 Å². The molecule has 6 nitrogen and oxygen atoms in total. The Kier molecular flexibility index (Phi) is 7.60. The van der Waals surface area contributed by atoms with Crippen molar-refractivity contribution in [1.29, 1.82) is 0 Å². The molecule has 0 aliphatic carbocycles. The van der Waals surface area contributed by atoms with E-state index in [0.717, 1.165) is 62.1 Å². The summed E-state index contributed by atoms with van der Waals surface area (Å²) in [6.45, 7) is 9.47. The maximum Gasteiger partial charge on any atom is 0.225 e. The number of benzene rings is 1. The van der Waals surface area contributed by atoms with Gasteiger partial charge < -0.3 is 14.5 Å². The predicted molar refractivity (Wildman–Crippen MR) is 123 cm³/mol. The van der Waals surface area contributed by atoms with Gasteiger partial charge in [-0.05, 0) is 37.0 Å². The number of methoxy groups -OCH3 is 1. The molecule has 1 aliphatic heterocycles. The topological polar surface area (TPSA) is 53.9 Å². The highest BCUT2D eigenvalue weighted by Gasteiger charge is 2.22. The average Bonchev–Trinajstić information content (AvgIpc) is 2.79. The van der Waals surface area contributed by atoms with Crippen molar-refractivity contribution in [3.05, 3.63) is 77.8 Å². The summed E-state index contributed by atoms with van der Waals surface area (Å²) in [7, 11) is 3.47. The van der Waals surface area contributed by atoms with E-state index < -0.39 is 0 Å². The fourth-order valence-corrected chi connectivity index (χ4v) is 3.55. The quantitative estimate of drug-likeness (QED) is 0.305. The second-order valence-corrected chi connectivity index (χ2v) is 7.38. The normalized spacial score (nSPS) is 15.3. The van der Waals surface area contributed by atoms with Gasteiger partial charge in [-0.25, -0.2) is 9.97 Å². The van der Waals surface area contributed by atoms with Crippen LogP contribution in [-0.2, 0) is 17.6 Å². The molecule has 30 heavy (non-hydrogen) atoms. The van der Waals surface area contributed by atoms with Gasteiger partial charge >= 0.3 is 0 Å². The van der Waals surface area contributed by atoms with Crippen LogP contribution >= 0.6 is 0 Å². The molecule has 158 valence electrons. The number of rotatable bonds is 7. The molecular formula is C24H31N5O. The van der Waals surface area contributed by atoms with Gasteiger partial charge in [0.1, 0.15) is 5.84 Å². The summed E-state index contributed by atoms with van der Waals surface area (Å²) in [5.41, 5.74) is 3.37. The summed E-state index contributed by atoms with van der Waals surface area (Å²) in [4.78, 5) is 18.2. The highest BCUT2D eigenvalue weighted by atomic mass is 16.5. The highest BCUT2D eigenvalue weighted by molar-refractivity contribution is 6.00. The molecule has 0 amide bonds. The first-order chi connectivity index (χ1) is 14.6. The summed E-state index contributed by atoms with van der Waals surface area (Å²) in [6.07, 6.45) is 7.78. The lowest BCUT2D eigenvalue weighted by Crippen LogP contribution is -2.49. The van der Waals surface area contributed by atoms with E-state index in [1.165, 1.54) is 11.1 Å². The molecule has 3 rings (SSSR count). The van der Waals surface area contributed by atoms with Gasteiger partial charge in [-0.3, -0.25) is 4.99 Å². The van der Waals surface area contributed by atoms with Crippen LogP contribution in [0.1, 0.15) is 18.1 Å². The third-order valence-corrected chi connectivity index (χ3v) is 5.30. The van der Waals surface area contributed by atoms with Gasteiger partial charge in [0.2, 0.25) is 5.95 Å². The molecule has 0 radical (unpaired) electrons. The molecule has 1 fully saturated rings. The van der Waals surface area contributed by atoms with Crippen molar-refractivity contribution in [3.63, 3.8) is 0 Å². The van der Waals surface area contributed by atoms with Crippen LogP contribution < -0.4 is 4.90 Å². The zero-order valence-electron chi connectivity index (χ0n) is 18.2. The molecule has 1 aromatic heterocycles. The maximum absolute atomic E-state index is 5.23. The third-order valence-electron chi connectivity index (χ3n) is 5.30. The Hall–Kier alpha value is -3.15. The number of piperazine rings is 1. The van der Waals surface area contributed by atoms with E-state index in [1.807, 2.05) is 31.5 Å². The van der Waals surface area contributed by atoms with Crippen molar-refractivity contribution < 1.29 is 4.74 Å². The Morgan fingerprint density at radius 3 is 2.30 bits per heavy atom. The molecule has 6 heteroatoms. The number of hydrogen-bond acceptors (Lipinski definition) is 5. The van der Waals surface area contributed by atoms with E-state index in [-0.39, 0.29) is 0 Å². The number of anilines is 1. The van der Waals surface area contributed by atoms with E-state index in [2.05, 4.69) is 55.6 Å². The van der Waals surface area contributed by atoms with E-state index in [1.54, 1.807) is 14.2 Å². The van der Waals surface area contributed by atoms with Gasteiger partial charge in [-0.2, -0.15) is 0 Å². The van der Waals surface area contributed by atoms with Crippen molar-refractivity contribution in [3.8, 4) is 0 Å². The fourth-order valence-electron chi connectivity index (χ4n) is 3.55. The number of amidine groups is 1. The molecule has 1 aromatic carbocycles. The Labute approximate surface area is 179 Å². The monoisotopic (exact) mass is 405 g/mol. The SMILES string of the molecule is C=C(/C=C(\C)OC)/C(=N\C)N1CCN(c2ncc(CCc3ccccc3)cn2)CC1. The van der Waals surface area contributed by atoms with Crippen molar-refractivity contribution in [2.75, 3.05) is 45.2 Å². The van der Waals surface area contributed by atoms with E-state index in [4.69, 9.17) is 4.74 Å². The van der Waals surface area contributed by atoms with Gasteiger partial charge in [0.05, 0.1) is 12.9 Å². The summed E-state index contributed by atoms with van der Waals surface area (Å²) < 4.78 is 5.23. The first kappa shape index (κ1) is 21.6. The number of allylic oxidation sites excluding steroid dienone is 1. The summed E-state index contributed by atoms with van der Waals surface area (Å²) in [5.74, 6) is 2.52. The molecule has 0 bridgehead atoms. The lowest BCUT2D eigenvalue weighted by molar-refractivity contribution is 0.293. The molecule has 1 saturated heterocycles. The second kappa shape index (κ2) is 10.6. The number of nitrogens with zero attached hydrogens (tertiary/aromatic N) is 5. The molecule has 2 aromatic rings. The zero-order chi connectivity index (χ0) is 21.3. The van der Waals surface area contributed by atoms with E-state index in [9.17, 15) is 0 Å². The fraction of sp³-hybridized carbons (Fsp3) is 0.375. The number of aromatic nitrogens is 2. The van der Waals surface area contributed by atoms with Gasteiger partial charge in [-0.15, -0.1) is 0 Å². The lowest BCUT2D eigenvalue weighted by Gasteiger charge is -2.36. The van der Waals surface area contributed by atoms with Crippen LogP contribution in [-0.4, -0.2) is 61.0 Å². The molecule has 0 spiro atoms. The molecule has 0 unspecified atom stereocenters. The number of aryl methyl sites for hydroxylation is 2. The number of ether oxygens (including phenoxy) is 1. The summed E-state index contributed by atoms with van der Waals surface area (Å²) >= 11 is 0. The van der Waals surface area contributed by atoms with Crippen LogP contribution in [0.25, 0.3) is 0 Å². The van der Waals surface area contributed by atoms with Gasteiger partial charge in [0.25, 0.3) is 0 Å². The maximum atomic E-state index is 5.23. The molecular weight excluding hydrogens is 374 g/mol. The van der Waals surface area contributed by atoms with Crippen LogP contribution in [0, 0.1) is 0 Å². The highest BCUT2D eigenvalue weighted by Crippen LogP contribution is 2.15. The Morgan fingerprint density at radius 1 is 1.07 bits per heavy atom. The molecule has 0 N–H and O–H groups in total.